The Kier molecular flexibility index (Phi) is 5.23. The van der Waals surface area contributed by atoms with Gasteiger partial charge in [-0.25, -0.2) is 0 Å². The lowest BCUT2D eigenvalue weighted by Crippen LogP contribution is -2.35. The average Bonchev–Trinajstić information content (AvgIpc) is 3.41. The van der Waals surface area contributed by atoms with Crippen LogP contribution >= 0.6 is 27.7 Å². The van der Waals surface area contributed by atoms with E-state index in [0.29, 0.717) is 6.04 Å². The molecule has 1 aromatic carbocycles. The molecule has 0 aliphatic carbocycles. The van der Waals surface area contributed by atoms with Gasteiger partial charge in [0.05, 0.1) is 17.4 Å². The average molecular weight is 481 g/mol. The van der Waals surface area contributed by atoms with Crippen LogP contribution < -0.4 is 0 Å². The van der Waals surface area contributed by atoms with E-state index in [-0.39, 0.29) is 12.1 Å². The Morgan fingerprint density at radius 3 is 2.67 bits per heavy atom. The van der Waals surface area contributed by atoms with Crippen LogP contribution in [0.25, 0.3) is 5.69 Å². The third-order valence-corrected chi connectivity index (χ3v) is 8.01. The number of para-hydroxylation sites is 1. The van der Waals surface area contributed by atoms with E-state index < -0.39 is 0 Å². The van der Waals surface area contributed by atoms with Crippen molar-refractivity contribution in [1.82, 2.24) is 14.5 Å². The zero-order valence-corrected chi connectivity index (χ0v) is 19.8. The van der Waals surface area contributed by atoms with Crippen molar-refractivity contribution in [2.45, 2.75) is 45.3 Å². The Balaban J connectivity index is 1.66. The van der Waals surface area contributed by atoms with E-state index in [9.17, 15) is 0 Å². The van der Waals surface area contributed by atoms with Crippen LogP contribution in [0.5, 0.6) is 0 Å². The lowest BCUT2D eigenvalue weighted by atomic mass is 9.95. The van der Waals surface area contributed by atoms with Gasteiger partial charge in [0, 0.05) is 33.9 Å². The Labute approximate surface area is 190 Å². The van der Waals surface area contributed by atoms with E-state index >= 15 is 0 Å². The highest BCUT2D eigenvalue weighted by molar-refractivity contribution is 9.10. The van der Waals surface area contributed by atoms with Crippen LogP contribution in [0.4, 0.5) is 0 Å². The van der Waals surface area contributed by atoms with Crippen molar-refractivity contribution < 1.29 is 0 Å². The first-order valence-electron chi connectivity index (χ1n) is 10.4. The molecule has 0 unspecified atom stereocenters. The van der Waals surface area contributed by atoms with Crippen molar-refractivity contribution in [2.24, 2.45) is 4.99 Å². The summed E-state index contributed by atoms with van der Waals surface area (Å²) in [6.07, 6.45) is 3.01. The molecule has 4 heterocycles. The highest BCUT2D eigenvalue weighted by atomic mass is 79.9. The first kappa shape index (κ1) is 19.9. The maximum atomic E-state index is 5.17. The predicted octanol–water partition coefficient (Wildman–Crippen LogP) is 6.23. The molecule has 30 heavy (non-hydrogen) atoms. The smallest absolute Gasteiger partial charge is 0.160 e. The van der Waals surface area contributed by atoms with Crippen LogP contribution in [0.1, 0.15) is 48.1 Å². The fraction of sp³-hybridized carbons (Fsp3) is 0.333. The molecular formula is C24H25BrN4S. The molecule has 3 atom stereocenters. The van der Waals surface area contributed by atoms with Crippen molar-refractivity contribution in [3.8, 4) is 5.69 Å². The number of nitrogens with zero attached hydrogens (tertiary/aromatic N) is 4. The van der Waals surface area contributed by atoms with Gasteiger partial charge < -0.3 is 9.47 Å². The number of aryl methyl sites for hydroxylation is 1. The van der Waals surface area contributed by atoms with E-state index in [4.69, 9.17) is 4.99 Å². The third kappa shape index (κ3) is 3.12. The number of aliphatic imine (C=N–C) groups is 1. The maximum Gasteiger partial charge on any atom is 0.160 e. The number of thioether (sulfide) groups is 1. The van der Waals surface area contributed by atoms with Crippen LogP contribution in [0.2, 0.25) is 0 Å². The molecule has 2 aromatic heterocycles. The van der Waals surface area contributed by atoms with E-state index in [1.54, 1.807) is 0 Å². The van der Waals surface area contributed by atoms with Gasteiger partial charge in [-0.05, 0) is 72.1 Å². The quantitative estimate of drug-likeness (QED) is 0.443. The highest BCUT2D eigenvalue weighted by Gasteiger charge is 2.46. The Morgan fingerprint density at radius 1 is 1.13 bits per heavy atom. The van der Waals surface area contributed by atoms with Crippen molar-refractivity contribution in [3.05, 3.63) is 81.8 Å². The van der Waals surface area contributed by atoms with E-state index in [1.165, 1.54) is 27.8 Å². The molecular weight excluding hydrogens is 456 g/mol. The minimum absolute atomic E-state index is 0.0243. The zero-order valence-electron chi connectivity index (χ0n) is 17.4. The van der Waals surface area contributed by atoms with Crippen molar-refractivity contribution in [3.63, 3.8) is 0 Å². The normalized spacial score (nSPS) is 23.0. The van der Waals surface area contributed by atoms with Crippen molar-refractivity contribution >= 4 is 32.9 Å². The molecule has 2 aliphatic heterocycles. The number of benzene rings is 1. The summed E-state index contributed by atoms with van der Waals surface area (Å²) in [4.78, 5) is 12.4. The monoisotopic (exact) mass is 480 g/mol. The van der Waals surface area contributed by atoms with Gasteiger partial charge in [-0.1, -0.05) is 36.9 Å². The third-order valence-electron chi connectivity index (χ3n) is 6.21. The van der Waals surface area contributed by atoms with Crippen LogP contribution in [0.15, 0.2) is 64.2 Å². The summed E-state index contributed by atoms with van der Waals surface area (Å²) in [5, 5.41) is 1.17. The number of fused-ring (bicyclic) bond motifs is 1. The molecule has 0 spiro atoms. The minimum Gasteiger partial charge on any atom is -0.338 e. The minimum atomic E-state index is 0.0243. The summed E-state index contributed by atoms with van der Waals surface area (Å²) in [5.41, 5.74) is 6.08. The number of pyridine rings is 1. The molecule has 3 aromatic rings. The van der Waals surface area contributed by atoms with E-state index in [0.717, 1.165) is 22.3 Å². The molecule has 1 saturated heterocycles. The van der Waals surface area contributed by atoms with Crippen LogP contribution in [0.3, 0.4) is 0 Å². The summed E-state index contributed by atoms with van der Waals surface area (Å²) in [6.45, 7) is 6.71. The van der Waals surface area contributed by atoms with Gasteiger partial charge in [0.25, 0.3) is 0 Å². The Hall–Kier alpha value is -2.05. The second kappa shape index (κ2) is 7.89. The second-order valence-electron chi connectivity index (χ2n) is 7.95. The lowest BCUT2D eigenvalue weighted by molar-refractivity contribution is 0.254. The van der Waals surface area contributed by atoms with Gasteiger partial charge in [0.15, 0.2) is 5.17 Å². The number of aromatic nitrogens is 2. The van der Waals surface area contributed by atoms with Gasteiger partial charge >= 0.3 is 0 Å². The summed E-state index contributed by atoms with van der Waals surface area (Å²) < 4.78 is 3.46. The molecule has 1 fully saturated rings. The Morgan fingerprint density at radius 2 is 1.93 bits per heavy atom. The number of amidine groups is 1. The van der Waals surface area contributed by atoms with E-state index in [1.807, 2.05) is 24.0 Å². The van der Waals surface area contributed by atoms with Gasteiger partial charge in [-0.3, -0.25) is 9.98 Å². The number of hydrogen-bond donors (Lipinski definition) is 0. The number of halogens is 1. The van der Waals surface area contributed by atoms with Gasteiger partial charge in [-0.2, -0.15) is 0 Å². The largest absolute Gasteiger partial charge is 0.338 e. The topological polar surface area (TPSA) is 33.4 Å². The van der Waals surface area contributed by atoms with Gasteiger partial charge in [0.1, 0.15) is 6.04 Å². The Bertz CT molecular complexity index is 1110. The molecule has 0 saturated carbocycles. The first-order valence-corrected chi connectivity index (χ1v) is 12.2. The fourth-order valence-electron chi connectivity index (χ4n) is 4.78. The lowest BCUT2D eigenvalue weighted by Gasteiger charge is -2.32. The molecule has 0 N–H and O–H groups in total. The molecule has 0 amide bonds. The van der Waals surface area contributed by atoms with E-state index in [2.05, 4.69) is 93.6 Å². The summed E-state index contributed by atoms with van der Waals surface area (Å²) in [6, 6.07) is 17.6. The molecule has 0 bridgehead atoms. The summed E-state index contributed by atoms with van der Waals surface area (Å²) >= 11 is 5.63. The molecule has 0 radical (unpaired) electrons. The standard InChI is InChI=1S/C24H25BrN4S/c1-4-17-14-30-24-27-22(20-10-7-8-12-26-20)23(29(17)24)18-13-15(2)28(16(18)3)21-11-6-5-9-19(21)25/h5-13,17,22-23H,4,14H2,1-3H3/t17-,22+,23+/m0/s1. The molecule has 5 rings (SSSR count). The SMILES string of the molecule is CC[C@H]1CSC2=N[C@H](c3ccccn3)[C@@H](c3cc(C)n(-c4ccccc4Br)c3C)N21. The van der Waals surface area contributed by atoms with Crippen molar-refractivity contribution in [2.75, 3.05) is 5.75 Å². The number of rotatable bonds is 4. The van der Waals surface area contributed by atoms with Gasteiger partial charge in [0.2, 0.25) is 0 Å². The summed E-state index contributed by atoms with van der Waals surface area (Å²) in [7, 11) is 0. The van der Waals surface area contributed by atoms with Crippen LogP contribution in [-0.2, 0) is 0 Å². The molecule has 2 aliphatic rings. The second-order valence-corrected chi connectivity index (χ2v) is 9.79. The number of hydrogen-bond acceptors (Lipinski definition) is 4. The van der Waals surface area contributed by atoms with Crippen LogP contribution in [0, 0.1) is 13.8 Å². The van der Waals surface area contributed by atoms with Crippen LogP contribution in [-0.4, -0.2) is 31.4 Å². The predicted molar refractivity (Wildman–Crippen MR) is 128 cm³/mol. The molecule has 4 nitrogen and oxygen atoms in total. The summed E-state index contributed by atoms with van der Waals surface area (Å²) in [5.74, 6) is 1.11. The maximum absolute atomic E-state index is 5.17. The molecule has 6 heteroatoms. The van der Waals surface area contributed by atoms with Gasteiger partial charge in [-0.15, -0.1) is 0 Å². The fourth-order valence-corrected chi connectivity index (χ4v) is 6.58. The molecule has 154 valence electrons. The highest BCUT2D eigenvalue weighted by Crippen LogP contribution is 2.50. The van der Waals surface area contributed by atoms with Crippen molar-refractivity contribution in [1.29, 1.82) is 0 Å². The zero-order chi connectivity index (χ0) is 20.8. The first-order chi connectivity index (χ1) is 14.6.